The molecule has 2 aliphatic carbocycles. The van der Waals surface area contributed by atoms with Crippen molar-refractivity contribution in [2.24, 2.45) is 41.1 Å². The fraction of sp³-hybridized carbons (Fsp3) is 0.667. The molecule has 1 aromatic rings. The van der Waals surface area contributed by atoms with E-state index in [1.54, 1.807) is 12.1 Å². The number of rotatable bonds is 7. The van der Waals surface area contributed by atoms with Gasteiger partial charge < -0.3 is 16.8 Å². The minimum Gasteiger partial charge on any atom is -0.366 e. The van der Waals surface area contributed by atoms with Crippen molar-refractivity contribution in [3.8, 4) is 0 Å². The minimum absolute atomic E-state index is 0.0555. The van der Waals surface area contributed by atoms with Gasteiger partial charge in [0.2, 0.25) is 17.7 Å². The Balaban J connectivity index is 1.82. The lowest BCUT2D eigenvalue weighted by Gasteiger charge is -2.33. The largest absolute Gasteiger partial charge is 0.366 e. The van der Waals surface area contributed by atoms with E-state index in [4.69, 9.17) is 11.5 Å². The number of primary amides is 2. The van der Waals surface area contributed by atoms with E-state index in [1.807, 2.05) is 0 Å². The van der Waals surface area contributed by atoms with Gasteiger partial charge in [-0.1, -0.05) is 27.7 Å². The van der Waals surface area contributed by atoms with Crippen molar-refractivity contribution in [1.29, 1.82) is 0 Å². The number of benzene rings is 1. The molecule has 0 atom stereocenters. The number of hydrogen-bond donors (Lipinski definition) is 3. The fourth-order valence-corrected chi connectivity index (χ4v) is 5.94. The van der Waals surface area contributed by atoms with Crippen LogP contribution in [0.5, 0.6) is 0 Å². The van der Waals surface area contributed by atoms with Gasteiger partial charge in [0.15, 0.2) is 0 Å². The molecule has 0 spiro atoms. The summed E-state index contributed by atoms with van der Waals surface area (Å²) in [7, 11) is 0. The zero-order valence-corrected chi connectivity index (χ0v) is 20.7. The normalized spacial score (nSPS) is 25.8. The van der Waals surface area contributed by atoms with E-state index in [0.717, 1.165) is 51.4 Å². The maximum absolute atomic E-state index is 12.9. The Bertz CT molecular complexity index is 842. The second-order valence-corrected chi connectivity index (χ2v) is 10.9. The molecule has 0 aliphatic heterocycles. The van der Waals surface area contributed by atoms with Crippen LogP contribution in [-0.2, 0) is 4.79 Å². The quantitative estimate of drug-likeness (QED) is 0.524. The van der Waals surface area contributed by atoms with Gasteiger partial charge in [0.25, 0.3) is 0 Å². The lowest BCUT2D eigenvalue weighted by Crippen LogP contribution is -2.29. The van der Waals surface area contributed by atoms with Crippen molar-refractivity contribution < 1.29 is 14.4 Å². The third-order valence-corrected chi connectivity index (χ3v) is 8.19. The summed E-state index contributed by atoms with van der Waals surface area (Å²) in [4.78, 5) is 37.8. The average Bonchev–Trinajstić information content (AvgIpc) is 2.78. The minimum atomic E-state index is -0.591. The Hall–Kier alpha value is -2.37. The van der Waals surface area contributed by atoms with Crippen LogP contribution in [0.3, 0.4) is 0 Å². The van der Waals surface area contributed by atoms with Gasteiger partial charge in [-0.2, -0.15) is 0 Å². The molecule has 3 rings (SSSR count). The zero-order valence-electron chi connectivity index (χ0n) is 20.7. The van der Waals surface area contributed by atoms with Crippen molar-refractivity contribution in [2.45, 2.75) is 85.0 Å². The van der Waals surface area contributed by atoms with E-state index in [0.29, 0.717) is 46.0 Å². The Morgan fingerprint density at radius 1 is 0.758 bits per heavy atom. The molecule has 5 N–H and O–H groups in total. The third kappa shape index (κ3) is 5.96. The maximum atomic E-state index is 12.9. The van der Waals surface area contributed by atoms with Crippen LogP contribution in [0, 0.1) is 29.6 Å². The molecule has 0 bridgehead atoms. The van der Waals surface area contributed by atoms with Gasteiger partial charge in [-0.25, -0.2) is 0 Å². The summed E-state index contributed by atoms with van der Waals surface area (Å²) in [5.74, 6) is 1.34. The van der Waals surface area contributed by atoms with E-state index >= 15 is 0 Å². The number of nitrogens with two attached hydrogens (primary N) is 2. The third-order valence-electron chi connectivity index (χ3n) is 8.19. The van der Waals surface area contributed by atoms with Gasteiger partial charge in [0.1, 0.15) is 0 Å². The summed E-state index contributed by atoms with van der Waals surface area (Å²) < 4.78 is 0. The number of carbonyl (C=O) groups is 3. The van der Waals surface area contributed by atoms with E-state index in [2.05, 4.69) is 33.0 Å². The van der Waals surface area contributed by atoms with Crippen LogP contribution >= 0.6 is 0 Å². The van der Waals surface area contributed by atoms with Crippen LogP contribution in [0.4, 0.5) is 5.69 Å². The standard InChI is InChI=1S/C27H41N3O3/c1-15(2)17-5-9-19(10-6-17)24-22(25(28)31)13-21(14-23(24)26(29)32)30-27(33)20-11-7-18(8-12-20)16(3)4/h13-20H,5-12H2,1-4H3,(H2,28,31)(H2,29,32)(H,30,33)/t17-,18-,19+,20+. The molecule has 6 heteroatoms. The van der Waals surface area contributed by atoms with E-state index < -0.39 is 11.8 Å². The molecule has 2 fully saturated rings. The SMILES string of the molecule is CC(C)[C@H]1CC[C@@H](C(=O)Nc2cc(C(N)=O)c([C@H]3CC[C@@H](C(C)C)CC3)c(C(N)=O)c2)CC1. The van der Waals surface area contributed by atoms with Gasteiger partial charge in [0, 0.05) is 22.7 Å². The van der Waals surface area contributed by atoms with Crippen LogP contribution in [-0.4, -0.2) is 17.7 Å². The van der Waals surface area contributed by atoms with Crippen LogP contribution in [0.15, 0.2) is 12.1 Å². The summed E-state index contributed by atoms with van der Waals surface area (Å²) in [6.45, 7) is 8.94. The summed E-state index contributed by atoms with van der Waals surface area (Å²) >= 11 is 0. The molecule has 0 saturated heterocycles. The summed E-state index contributed by atoms with van der Waals surface area (Å²) in [5.41, 5.74) is 13.2. The van der Waals surface area contributed by atoms with Crippen molar-refractivity contribution in [3.05, 3.63) is 28.8 Å². The molecule has 0 aromatic heterocycles. The molecule has 0 unspecified atom stereocenters. The van der Waals surface area contributed by atoms with Crippen LogP contribution in [0.25, 0.3) is 0 Å². The molecule has 2 saturated carbocycles. The molecule has 0 radical (unpaired) electrons. The highest BCUT2D eigenvalue weighted by molar-refractivity contribution is 6.04. The van der Waals surface area contributed by atoms with Crippen LogP contribution < -0.4 is 16.8 Å². The predicted molar refractivity (Wildman–Crippen MR) is 132 cm³/mol. The highest BCUT2D eigenvalue weighted by Crippen LogP contribution is 2.42. The van der Waals surface area contributed by atoms with Crippen LogP contribution in [0.2, 0.25) is 0 Å². The first kappa shape index (κ1) is 25.3. The van der Waals surface area contributed by atoms with Crippen molar-refractivity contribution in [1.82, 2.24) is 0 Å². The second-order valence-electron chi connectivity index (χ2n) is 10.9. The number of carbonyl (C=O) groups excluding carboxylic acids is 3. The maximum Gasteiger partial charge on any atom is 0.249 e. The molecule has 1 aromatic carbocycles. The zero-order chi connectivity index (χ0) is 24.3. The average molecular weight is 456 g/mol. The summed E-state index contributed by atoms with van der Waals surface area (Å²) in [5, 5.41) is 2.94. The molecule has 182 valence electrons. The first-order valence-corrected chi connectivity index (χ1v) is 12.7. The lowest BCUT2D eigenvalue weighted by molar-refractivity contribution is -0.121. The highest BCUT2D eigenvalue weighted by atomic mass is 16.2. The molecule has 33 heavy (non-hydrogen) atoms. The van der Waals surface area contributed by atoms with Crippen molar-refractivity contribution >= 4 is 23.4 Å². The van der Waals surface area contributed by atoms with Gasteiger partial charge in [-0.05, 0) is 98.7 Å². The van der Waals surface area contributed by atoms with Gasteiger partial charge in [-0.15, -0.1) is 0 Å². The van der Waals surface area contributed by atoms with Gasteiger partial charge in [0.05, 0.1) is 0 Å². The number of hydrogen-bond acceptors (Lipinski definition) is 3. The van der Waals surface area contributed by atoms with Crippen molar-refractivity contribution in [3.63, 3.8) is 0 Å². The predicted octanol–water partition coefficient (Wildman–Crippen LogP) is 5.22. The molecule has 2 aliphatic rings. The molecular formula is C27H41N3O3. The van der Waals surface area contributed by atoms with E-state index in [9.17, 15) is 14.4 Å². The van der Waals surface area contributed by atoms with E-state index in [-0.39, 0.29) is 17.7 Å². The Kier molecular flexibility index (Phi) is 8.19. The Labute approximate surface area is 198 Å². The number of nitrogens with one attached hydrogen (secondary N) is 1. The Morgan fingerprint density at radius 3 is 1.58 bits per heavy atom. The van der Waals surface area contributed by atoms with Crippen molar-refractivity contribution in [2.75, 3.05) is 5.32 Å². The molecule has 0 heterocycles. The number of amides is 3. The summed E-state index contributed by atoms with van der Waals surface area (Å²) in [6, 6.07) is 3.27. The molecule has 3 amide bonds. The molecular weight excluding hydrogens is 414 g/mol. The smallest absolute Gasteiger partial charge is 0.249 e. The second kappa shape index (κ2) is 10.7. The first-order chi connectivity index (χ1) is 15.6. The first-order valence-electron chi connectivity index (χ1n) is 12.7. The molecule has 6 nitrogen and oxygen atoms in total. The summed E-state index contributed by atoms with van der Waals surface area (Å²) in [6.07, 6.45) is 7.71. The lowest BCUT2D eigenvalue weighted by atomic mass is 9.72. The monoisotopic (exact) mass is 455 g/mol. The van der Waals surface area contributed by atoms with E-state index in [1.165, 1.54) is 0 Å². The topological polar surface area (TPSA) is 115 Å². The number of anilines is 1. The van der Waals surface area contributed by atoms with Gasteiger partial charge in [-0.3, -0.25) is 14.4 Å². The van der Waals surface area contributed by atoms with Gasteiger partial charge >= 0.3 is 0 Å². The van der Waals surface area contributed by atoms with Crippen LogP contribution in [0.1, 0.15) is 111 Å². The fourth-order valence-electron chi connectivity index (χ4n) is 5.94. The Morgan fingerprint density at radius 2 is 1.18 bits per heavy atom. The highest BCUT2D eigenvalue weighted by Gasteiger charge is 2.31.